The normalized spacial score (nSPS) is 10.7. The minimum atomic E-state index is -0.315. The van der Waals surface area contributed by atoms with Crippen molar-refractivity contribution in [1.29, 1.82) is 0 Å². The van der Waals surface area contributed by atoms with E-state index in [-0.39, 0.29) is 5.97 Å². The van der Waals surface area contributed by atoms with Crippen LogP contribution in [0.15, 0.2) is 55.1 Å². The first-order chi connectivity index (χ1) is 9.69. The fraction of sp³-hybridized carbons (Fsp3) is 0.0556. The van der Waals surface area contributed by atoms with Crippen LogP contribution in [-0.4, -0.2) is 5.97 Å². The zero-order valence-corrected chi connectivity index (χ0v) is 11.2. The van der Waals surface area contributed by atoms with Gasteiger partial charge in [0.15, 0.2) is 0 Å². The smallest absolute Gasteiger partial charge is 0.308 e. The zero-order valence-electron chi connectivity index (χ0n) is 11.2. The number of hydrogen-bond donors (Lipinski definition) is 0. The number of ether oxygens (including phenoxy) is 1. The van der Waals surface area contributed by atoms with E-state index < -0.39 is 0 Å². The predicted octanol–water partition coefficient (Wildman–Crippen LogP) is 4.56. The van der Waals surface area contributed by atoms with Crippen LogP contribution in [0.3, 0.4) is 0 Å². The Morgan fingerprint density at radius 1 is 1.05 bits per heavy atom. The summed E-state index contributed by atoms with van der Waals surface area (Å²) in [7, 11) is 0. The van der Waals surface area contributed by atoms with Crippen LogP contribution in [0.25, 0.3) is 27.6 Å². The quantitative estimate of drug-likeness (QED) is 0.384. The monoisotopic (exact) mass is 262 g/mol. The van der Waals surface area contributed by atoms with Crippen LogP contribution in [0, 0.1) is 0 Å². The van der Waals surface area contributed by atoms with Gasteiger partial charge in [0.25, 0.3) is 0 Å². The summed E-state index contributed by atoms with van der Waals surface area (Å²) in [5, 5.41) is 4.47. The van der Waals surface area contributed by atoms with E-state index in [1.807, 2.05) is 36.4 Å². The molecule has 0 N–H and O–H groups in total. The molecule has 3 rings (SSSR count). The molecule has 0 unspecified atom stereocenters. The van der Waals surface area contributed by atoms with Crippen molar-refractivity contribution >= 4 is 33.6 Å². The highest BCUT2D eigenvalue weighted by Crippen LogP contribution is 2.31. The summed E-state index contributed by atoms with van der Waals surface area (Å²) in [5.74, 6) is 0.244. The summed E-state index contributed by atoms with van der Waals surface area (Å²) in [6.07, 6.45) is 1.85. The van der Waals surface area contributed by atoms with E-state index in [0.717, 1.165) is 21.7 Å². The van der Waals surface area contributed by atoms with Crippen LogP contribution in [-0.2, 0) is 4.79 Å². The van der Waals surface area contributed by atoms with Crippen molar-refractivity contribution in [2.75, 3.05) is 0 Å². The molecule has 0 aliphatic rings. The van der Waals surface area contributed by atoms with Gasteiger partial charge >= 0.3 is 5.97 Å². The highest BCUT2D eigenvalue weighted by molar-refractivity contribution is 6.06. The minimum Gasteiger partial charge on any atom is -0.427 e. The summed E-state index contributed by atoms with van der Waals surface area (Å²) >= 11 is 0. The third-order valence-corrected chi connectivity index (χ3v) is 3.34. The Kier molecular flexibility index (Phi) is 2.99. The molecule has 2 nitrogen and oxygen atoms in total. The van der Waals surface area contributed by atoms with Crippen LogP contribution in [0.4, 0.5) is 0 Å². The molecule has 0 atom stereocenters. The summed E-state index contributed by atoms with van der Waals surface area (Å²) in [6.45, 7) is 5.32. The van der Waals surface area contributed by atoms with Gasteiger partial charge < -0.3 is 4.74 Å². The topological polar surface area (TPSA) is 26.3 Å². The first kappa shape index (κ1) is 12.4. The van der Waals surface area contributed by atoms with Crippen molar-refractivity contribution in [3.8, 4) is 5.75 Å². The standard InChI is InChI=1S/C18H14O2/c1-3-16-17-7-5-4-6-13(17)10-14-8-9-15(11-18(14)16)20-12(2)19/h3-11H,1H2,2H3. The Hall–Kier alpha value is -2.61. The lowest BCUT2D eigenvalue weighted by atomic mass is 9.97. The fourth-order valence-corrected chi connectivity index (χ4v) is 2.52. The van der Waals surface area contributed by atoms with Crippen molar-refractivity contribution in [3.63, 3.8) is 0 Å². The second-order valence-electron chi connectivity index (χ2n) is 4.69. The largest absolute Gasteiger partial charge is 0.427 e. The van der Waals surface area contributed by atoms with Gasteiger partial charge in [-0.1, -0.05) is 43.0 Å². The highest BCUT2D eigenvalue weighted by atomic mass is 16.5. The van der Waals surface area contributed by atoms with Gasteiger partial charge in [0.1, 0.15) is 5.75 Å². The first-order valence-electron chi connectivity index (χ1n) is 6.45. The molecule has 0 aliphatic heterocycles. The van der Waals surface area contributed by atoms with Crippen molar-refractivity contribution in [1.82, 2.24) is 0 Å². The Morgan fingerprint density at radius 2 is 1.80 bits per heavy atom. The van der Waals surface area contributed by atoms with E-state index in [2.05, 4.69) is 24.8 Å². The average molecular weight is 262 g/mol. The molecule has 0 aromatic heterocycles. The predicted molar refractivity (Wildman–Crippen MR) is 82.9 cm³/mol. The summed E-state index contributed by atoms with van der Waals surface area (Å²) in [5.41, 5.74) is 1.06. The molecule has 98 valence electrons. The maximum absolute atomic E-state index is 11.1. The number of hydrogen-bond acceptors (Lipinski definition) is 2. The van der Waals surface area contributed by atoms with E-state index >= 15 is 0 Å². The second kappa shape index (κ2) is 4.82. The summed E-state index contributed by atoms with van der Waals surface area (Å²) in [4.78, 5) is 11.1. The lowest BCUT2D eigenvalue weighted by molar-refractivity contribution is -0.131. The number of carbonyl (C=O) groups excluding carboxylic acids is 1. The number of rotatable bonds is 2. The Morgan fingerprint density at radius 3 is 2.55 bits per heavy atom. The molecule has 0 radical (unpaired) electrons. The second-order valence-corrected chi connectivity index (χ2v) is 4.69. The molecule has 0 bridgehead atoms. The zero-order chi connectivity index (χ0) is 14.1. The maximum Gasteiger partial charge on any atom is 0.308 e. The molecule has 0 saturated heterocycles. The van der Waals surface area contributed by atoms with Crippen molar-refractivity contribution in [3.05, 3.63) is 60.7 Å². The number of esters is 1. The average Bonchev–Trinajstić information content (AvgIpc) is 2.44. The van der Waals surface area contributed by atoms with E-state index in [0.29, 0.717) is 5.75 Å². The Labute approximate surface area is 117 Å². The van der Waals surface area contributed by atoms with Gasteiger partial charge in [-0.2, -0.15) is 0 Å². The van der Waals surface area contributed by atoms with Crippen LogP contribution in [0.1, 0.15) is 12.5 Å². The van der Waals surface area contributed by atoms with Gasteiger partial charge in [0.2, 0.25) is 0 Å². The maximum atomic E-state index is 11.1. The molecule has 2 heteroatoms. The van der Waals surface area contributed by atoms with Gasteiger partial charge in [-0.3, -0.25) is 4.79 Å². The molecule has 3 aromatic rings. The molecule has 0 amide bonds. The molecule has 3 aromatic carbocycles. The lowest BCUT2D eigenvalue weighted by Crippen LogP contribution is -2.01. The van der Waals surface area contributed by atoms with E-state index in [4.69, 9.17) is 4.74 Å². The van der Waals surface area contributed by atoms with Gasteiger partial charge in [-0.05, 0) is 45.3 Å². The Balaban J connectivity index is 2.35. The first-order valence-corrected chi connectivity index (χ1v) is 6.45. The van der Waals surface area contributed by atoms with Gasteiger partial charge in [0, 0.05) is 6.92 Å². The van der Waals surface area contributed by atoms with Gasteiger partial charge in [-0.25, -0.2) is 0 Å². The van der Waals surface area contributed by atoms with Crippen LogP contribution >= 0.6 is 0 Å². The summed E-state index contributed by atoms with van der Waals surface area (Å²) in [6, 6.07) is 16.0. The van der Waals surface area contributed by atoms with Crippen molar-refractivity contribution in [2.24, 2.45) is 0 Å². The molecule has 0 fully saturated rings. The van der Waals surface area contributed by atoms with Crippen LogP contribution < -0.4 is 4.74 Å². The summed E-state index contributed by atoms with van der Waals surface area (Å²) < 4.78 is 5.16. The van der Waals surface area contributed by atoms with E-state index in [1.54, 1.807) is 0 Å². The molecular formula is C18H14O2. The SMILES string of the molecule is C=Cc1c2ccccc2cc2ccc(OC(C)=O)cc12. The Bertz CT molecular complexity index is 831. The number of benzene rings is 3. The van der Waals surface area contributed by atoms with Crippen LogP contribution in [0.2, 0.25) is 0 Å². The molecule has 20 heavy (non-hydrogen) atoms. The third-order valence-electron chi connectivity index (χ3n) is 3.34. The van der Waals surface area contributed by atoms with Gasteiger partial charge in [-0.15, -0.1) is 0 Å². The van der Waals surface area contributed by atoms with Gasteiger partial charge in [0.05, 0.1) is 0 Å². The number of fused-ring (bicyclic) bond motifs is 2. The lowest BCUT2D eigenvalue weighted by Gasteiger charge is -2.10. The van der Waals surface area contributed by atoms with Crippen LogP contribution in [0.5, 0.6) is 5.75 Å². The molecular weight excluding hydrogens is 248 g/mol. The third kappa shape index (κ3) is 2.05. The number of carbonyl (C=O) groups is 1. The van der Waals surface area contributed by atoms with E-state index in [1.165, 1.54) is 12.3 Å². The molecule has 0 aliphatic carbocycles. The van der Waals surface area contributed by atoms with Crippen molar-refractivity contribution < 1.29 is 9.53 Å². The minimum absolute atomic E-state index is 0.315. The fourth-order valence-electron chi connectivity index (χ4n) is 2.52. The van der Waals surface area contributed by atoms with Crippen molar-refractivity contribution in [2.45, 2.75) is 6.92 Å². The molecule has 0 spiro atoms. The molecule has 0 heterocycles. The highest BCUT2D eigenvalue weighted by Gasteiger charge is 2.07. The van der Waals surface area contributed by atoms with E-state index in [9.17, 15) is 4.79 Å². The molecule has 0 saturated carbocycles.